The Morgan fingerprint density at radius 3 is 2.90 bits per heavy atom. The van der Waals surface area contributed by atoms with Crippen molar-refractivity contribution >= 4 is 23.4 Å². The van der Waals surface area contributed by atoms with Crippen molar-refractivity contribution in [2.75, 3.05) is 24.2 Å². The molecule has 10 nitrogen and oxygen atoms in total. The van der Waals surface area contributed by atoms with Crippen LogP contribution in [0, 0.1) is 12.7 Å². The summed E-state index contributed by atoms with van der Waals surface area (Å²) in [6, 6.07) is 6.98. The standard InChI is InChI=1S/C29H35FN8O2/c1-6-18(2)14-31-24-13-20(9-12-37(24)4)40-23-8-7-21(25(30)19(23)3)35-27-26-22(33-17-34-27)15-32-28(36-26)38(5)16-29(39)10-11-29/h7-9,12-15,17,28,36,39H,6,10-11,16H2,1-5H3,(H,33,34,35). The monoisotopic (exact) mass is 546 g/mol. The van der Waals surface area contributed by atoms with Crippen molar-refractivity contribution in [2.24, 2.45) is 17.0 Å². The molecule has 1 aliphatic heterocycles. The fourth-order valence-corrected chi connectivity index (χ4v) is 4.25. The number of allylic oxidation sites excluding steroid dienone is 1. The zero-order valence-electron chi connectivity index (χ0n) is 23.4. The topological polar surface area (TPSA) is 112 Å². The summed E-state index contributed by atoms with van der Waals surface area (Å²) in [6.07, 6.45) is 8.85. The molecule has 1 atom stereocenters. The highest BCUT2D eigenvalue weighted by Gasteiger charge is 2.42. The maximum atomic E-state index is 15.6. The van der Waals surface area contributed by atoms with E-state index >= 15 is 4.39 Å². The van der Waals surface area contributed by atoms with Crippen molar-refractivity contribution in [3.05, 3.63) is 71.1 Å². The Morgan fingerprint density at radius 2 is 2.15 bits per heavy atom. The van der Waals surface area contributed by atoms with Crippen molar-refractivity contribution < 1.29 is 14.2 Å². The predicted octanol–water partition coefficient (Wildman–Crippen LogP) is 4.60. The lowest BCUT2D eigenvalue weighted by Crippen LogP contribution is -2.43. The van der Waals surface area contributed by atoms with Crippen LogP contribution < -0.4 is 20.9 Å². The Hall–Kier alpha value is -4.09. The van der Waals surface area contributed by atoms with Crippen LogP contribution >= 0.6 is 0 Å². The molecule has 1 aliphatic carbocycles. The lowest BCUT2D eigenvalue weighted by molar-refractivity contribution is 0.0910. The number of fused-ring (bicyclic) bond motifs is 1. The molecule has 5 rings (SSSR count). The summed E-state index contributed by atoms with van der Waals surface area (Å²) in [5.74, 6) is 0.926. The molecule has 1 aromatic carbocycles. The third-order valence-corrected chi connectivity index (χ3v) is 7.16. The number of likely N-dealkylation sites (N-methyl/N-ethyl adjacent to an activating group) is 1. The molecule has 3 aromatic rings. The Balaban J connectivity index is 1.35. The number of halogens is 1. The summed E-state index contributed by atoms with van der Waals surface area (Å²) in [7, 11) is 3.80. The molecule has 0 radical (unpaired) electrons. The number of aliphatic imine (C=N–C) groups is 1. The Bertz CT molecular complexity index is 1540. The van der Waals surface area contributed by atoms with Crippen LogP contribution in [0.1, 0.15) is 44.4 Å². The number of hydrogen-bond donors (Lipinski definition) is 3. The van der Waals surface area contributed by atoms with Gasteiger partial charge < -0.3 is 25.0 Å². The number of aromatic nitrogens is 3. The Kier molecular flexibility index (Phi) is 7.68. The molecule has 210 valence electrons. The normalized spacial score (nSPS) is 17.9. The van der Waals surface area contributed by atoms with E-state index in [2.05, 4.69) is 37.5 Å². The van der Waals surface area contributed by atoms with Crippen LogP contribution in [0.5, 0.6) is 11.5 Å². The zero-order valence-corrected chi connectivity index (χ0v) is 23.4. The highest BCUT2D eigenvalue weighted by molar-refractivity contribution is 5.92. The molecule has 0 spiro atoms. The van der Waals surface area contributed by atoms with Crippen LogP contribution in [0.2, 0.25) is 0 Å². The van der Waals surface area contributed by atoms with Gasteiger partial charge in [0.2, 0.25) is 0 Å². The number of benzene rings is 1. The van der Waals surface area contributed by atoms with Gasteiger partial charge in [0.05, 0.1) is 17.5 Å². The van der Waals surface area contributed by atoms with Gasteiger partial charge in [0.25, 0.3) is 0 Å². The number of aryl methyl sites for hydroxylation is 1. The minimum atomic E-state index is -0.649. The molecule has 40 heavy (non-hydrogen) atoms. The van der Waals surface area contributed by atoms with Gasteiger partial charge in [-0.05, 0) is 58.4 Å². The molecular weight excluding hydrogens is 511 g/mol. The van der Waals surface area contributed by atoms with Gasteiger partial charge in [-0.3, -0.25) is 9.89 Å². The number of anilines is 3. The third-order valence-electron chi connectivity index (χ3n) is 7.16. The third kappa shape index (κ3) is 6.05. The number of aliphatic hydroxyl groups is 1. The molecule has 2 aromatic heterocycles. The van der Waals surface area contributed by atoms with Crippen LogP contribution in [0.15, 0.2) is 58.5 Å². The molecular formula is C29H35FN8O2. The Labute approximate surface area is 233 Å². The van der Waals surface area contributed by atoms with E-state index in [0.29, 0.717) is 40.8 Å². The quantitative estimate of drug-likeness (QED) is 0.360. The van der Waals surface area contributed by atoms with E-state index in [0.717, 1.165) is 24.8 Å². The molecule has 1 saturated carbocycles. The minimum absolute atomic E-state index is 0.252. The van der Waals surface area contributed by atoms with Crippen molar-refractivity contribution in [3.8, 4) is 11.5 Å². The van der Waals surface area contributed by atoms with Gasteiger partial charge in [0.1, 0.15) is 34.7 Å². The molecule has 1 fully saturated rings. The molecule has 0 amide bonds. The lowest BCUT2D eigenvalue weighted by Gasteiger charge is -2.31. The first-order valence-corrected chi connectivity index (χ1v) is 13.3. The van der Waals surface area contributed by atoms with Crippen molar-refractivity contribution in [1.29, 1.82) is 0 Å². The summed E-state index contributed by atoms with van der Waals surface area (Å²) in [5, 5.41) is 16.7. The Morgan fingerprint density at radius 1 is 1.35 bits per heavy atom. The van der Waals surface area contributed by atoms with E-state index in [1.54, 1.807) is 25.3 Å². The summed E-state index contributed by atoms with van der Waals surface area (Å²) in [6.45, 7) is 6.28. The lowest BCUT2D eigenvalue weighted by atomic mass is 10.1. The van der Waals surface area contributed by atoms with E-state index in [9.17, 15) is 5.11 Å². The summed E-state index contributed by atoms with van der Waals surface area (Å²) < 4.78 is 23.5. The van der Waals surface area contributed by atoms with E-state index in [4.69, 9.17) is 4.74 Å². The molecule has 3 N–H and O–H groups in total. The molecule has 1 unspecified atom stereocenters. The zero-order chi connectivity index (χ0) is 28.4. The average Bonchev–Trinajstić information content (AvgIpc) is 3.68. The smallest absolute Gasteiger partial charge is 0.176 e. The van der Waals surface area contributed by atoms with Crippen LogP contribution in [0.3, 0.4) is 0 Å². The van der Waals surface area contributed by atoms with Gasteiger partial charge in [-0.1, -0.05) is 12.5 Å². The maximum Gasteiger partial charge on any atom is 0.176 e. The second-order valence-electron chi connectivity index (χ2n) is 10.5. The summed E-state index contributed by atoms with van der Waals surface area (Å²) in [5.41, 5.74) is 3.04. The number of pyridine rings is 1. The van der Waals surface area contributed by atoms with Crippen molar-refractivity contribution in [1.82, 2.24) is 19.4 Å². The SMILES string of the molecule is CCC(C)=CN=c1cc(Oc2ccc(Nc3ncnc4c3NC(N(C)CC3(O)CC3)N=C4)c(F)c2C)ccn1C. The van der Waals surface area contributed by atoms with Gasteiger partial charge in [-0.25, -0.2) is 19.4 Å². The maximum absolute atomic E-state index is 15.6. The first-order valence-electron chi connectivity index (χ1n) is 13.3. The van der Waals surface area contributed by atoms with Gasteiger partial charge >= 0.3 is 0 Å². The number of rotatable bonds is 9. The van der Waals surface area contributed by atoms with Gasteiger partial charge in [-0.2, -0.15) is 0 Å². The predicted molar refractivity (Wildman–Crippen MR) is 153 cm³/mol. The molecule has 11 heteroatoms. The number of nitrogens with one attached hydrogen (secondary N) is 2. The fourth-order valence-electron chi connectivity index (χ4n) is 4.25. The number of ether oxygens (including phenoxy) is 1. The van der Waals surface area contributed by atoms with Crippen LogP contribution in [0.25, 0.3) is 0 Å². The van der Waals surface area contributed by atoms with E-state index in [1.807, 2.05) is 55.0 Å². The fraction of sp³-hybridized carbons (Fsp3) is 0.379. The summed E-state index contributed by atoms with van der Waals surface area (Å²) >= 11 is 0. The number of hydrogen-bond acceptors (Lipinski definition) is 9. The van der Waals surface area contributed by atoms with E-state index in [-0.39, 0.29) is 5.69 Å². The van der Waals surface area contributed by atoms with Crippen molar-refractivity contribution in [3.63, 3.8) is 0 Å². The van der Waals surface area contributed by atoms with Crippen LogP contribution in [-0.4, -0.2) is 56.2 Å². The van der Waals surface area contributed by atoms with E-state index in [1.165, 1.54) is 11.9 Å². The molecule has 0 bridgehead atoms. The van der Waals surface area contributed by atoms with Crippen LogP contribution in [-0.2, 0) is 7.05 Å². The highest BCUT2D eigenvalue weighted by atomic mass is 19.1. The van der Waals surface area contributed by atoms with Crippen molar-refractivity contribution in [2.45, 2.75) is 51.9 Å². The number of nitrogens with zero attached hydrogens (tertiary/aromatic N) is 6. The first kappa shape index (κ1) is 27.5. The highest BCUT2D eigenvalue weighted by Crippen LogP contribution is 2.37. The van der Waals surface area contributed by atoms with Gasteiger partial charge in [0, 0.05) is 37.6 Å². The average molecular weight is 547 g/mol. The first-order chi connectivity index (χ1) is 19.2. The van der Waals surface area contributed by atoms with E-state index < -0.39 is 17.7 Å². The molecule has 0 saturated heterocycles. The van der Waals surface area contributed by atoms with Gasteiger partial charge in [0.15, 0.2) is 17.9 Å². The second-order valence-corrected chi connectivity index (χ2v) is 10.5. The van der Waals surface area contributed by atoms with Gasteiger partial charge in [-0.15, -0.1) is 0 Å². The summed E-state index contributed by atoms with van der Waals surface area (Å²) in [4.78, 5) is 19.6. The van der Waals surface area contributed by atoms with Crippen LogP contribution in [0.4, 0.5) is 21.6 Å². The largest absolute Gasteiger partial charge is 0.457 e. The minimum Gasteiger partial charge on any atom is -0.457 e. The molecule has 3 heterocycles. The second kappa shape index (κ2) is 11.2. The molecule has 2 aliphatic rings.